The third-order valence-corrected chi connectivity index (χ3v) is 4.55. The van der Waals surface area contributed by atoms with Gasteiger partial charge in [0.05, 0.1) is 18.8 Å². The number of aromatic nitrogens is 2. The summed E-state index contributed by atoms with van der Waals surface area (Å²) in [5.41, 5.74) is 1.14. The normalized spacial score (nSPS) is 16.6. The largest absolute Gasteiger partial charge is 0.356 e. The molecule has 3 heterocycles. The SMILES string of the molecule is CC#CCn1c(N2CCCCC2)nc2c1CN=C(NCCCC)N2. The van der Waals surface area contributed by atoms with Gasteiger partial charge in [-0.15, -0.1) is 5.92 Å². The third-order valence-electron chi connectivity index (χ3n) is 4.55. The van der Waals surface area contributed by atoms with E-state index in [1.54, 1.807) is 0 Å². The number of rotatable bonds is 5. The highest BCUT2D eigenvalue weighted by atomic mass is 15.4. The molecule has 1 aromatic rings. The number of hydrogen-bond acceptors (Lipinski definition) is 5. The third kappa shape index (κ3) is 3.66. The first kappa shape index (κ1) is 16.7. The van der Waals surface area contributed by atoms with Crippen LogP contribution in [0.25, 0.3) is 0 Å². The zero-order valence-electron chi connectivity index (χ0n) is 14.9. The standard InChI is InChI=1S/C18H28N6/c1-3-5-10-19-17-20-14-15-16(21-17)22-18(24(15)13-6-4-2)23-11-8-7-9-12-23/h3,5,7-14H2,1-2H3,(H2,19,20,21). The average molecular weight is 328 g/mol. The molecule has 0 bridgehead atoms. The second-order valence-corrected chi connectivity index (χ2v) is 6.34. The fourth-order valence-electron chi connectivity index (χ4n) is 3.18. The number of nitrogens with one attached hydrogen (secondary N) is 2. The monoisotopic (exact) mass is 328 g/mol. The van der Waals surface area contributed by atoms with Gasteiger partial charge >= 0.3 is 0 Å². The zero-order chi connectivity index (χ0) is 16.8. The highest BCUT2D eigenvalue weighted by Gasteiger charge is 2.25. The number of piperidine rings is 1. The van der Waals surface area contributed by atoms with Gasteiger partial charge in [-0.3, -0.25) is 4.57 Å². The first-order valence-corrected chi connectivity index (χ1v) is 9.12. The number of imidazole rings is 1. The van der Waals surface area contributed by atoms with Gasteiger partial charge in [0.1, 0.15) is 0 Å². The topological polar surface area (TPSA) is 57.5 Å². The van der Waals surface area contributed by atoms with Crippen LogP contribution < -0.4 is 15.5 Å². The predicted octanol–water partition coefficient (Wildman–Crippen LogP) is 2.57. The molecule has 2 aliphatic rings. The molecule has 0 radical (unpaired) electrons. The molecule has 130 valence electrons. The Morgan fingerprint density at radius 2 is 2.08 bits per heavy atom. The molecule has 24 heavy (non-hydrogen) atoms. The minimum atomic E-state index is 0.656. The van der Waals surface area contributed by atoms with Crippen LogP contribution in [0.5, 0.6) is 0 Å². The highest BCUT2D eigenvalue weighted by molar-refractivity contribution is 5.94. The molecule has 0 amide bonds. The quantitative estimate of drug-likeness (QED) is 0.644. The summed E-state index contributed by atoms with van der Waals surface area (Å²) in [5, 5.41) is 6.73. The van der Waals surface area contributed by atoms with Gasteiger partial charge in [-0.25, -0.2) is 4.99 Å². The lowest BCUT2D eigenvalue weighted by atomic mass is 10.1. The summed E-state index contributed by atoms with van der Waals surface area (Å²) < 4.78 is 2.23. The van der Waals surface area contributed by atoms with Crippen molar-refractivity contribution in [2.24, 2.45) is 4.99 Å². The Balaban J connectivity index is 1.80. The van der Waals surface area contributed by atoms with Gasteiger partial charge in [0.15, 0.2) is 11.8 Å². The Morgan fingerprint density at radius 1 is 1.25 bits per heavy atom. The Labute approximate surface area is 144 Å². The first-order valence-electron chi connectivity index (χ1n) is 9.12. The number of nitrogens with zero attached hydrogens (tertiary/aromatic N) is 4. The lowest BCUT2D eigenvalue weighted by Crippen LogP contribution is -2.34. The maximum Gasteiger partial charge on any atom is 0.208 e. The predicted molar refractivity (Wildman–Crippen MR) is 99.4 cm³/mol. The second kappa shape index (κ2) is 8.09. The summed E-state index contributed by atoms with van der Waals surface area (Å²) in [6.45, 7) is 8.52. The van der Waals surface area contributed by atoms with Crippen LogP contribution in [-0.4, -0.2) is 35.1 Å². The fourth-order valence-corrected chi connectivity index (χ4v) is 3.18. The molecule has 0 aromatic carbocycles. The van der Waals surface area contributed by atoms with E-state index >= 15 is 0 Å². The van der Waals surface area contributed by atoms with E-state index in [-0.39, 0.29) is 0 Å². The zero-order valence-corrected chi connectivity index (χ0v) is 14.9. The van der Waals surface area contributed by atoms with Crippen LogP contribution in [0.2, 0.25) is 0 Å². The van der Waals surface area contributed by atoms with Crippen LogP contribution in [0.1, 0.15) is 51.6 Å². The number of guanidine groups is 1. The van der Waals surface area contributed by atoms with Gasteiger partial charge in [0.2, 0.25) is 5.95 Å². The summed E-state index contributed by atoms with van der Waals surface area (Å²) in [6.07, 6.45) is 6.12. The van der Waals surface area contributed by atoms with Crippen LogP contribution in [0, 0.1) is 11.8 Å². The van der Waals surface area contributed by atoms with Crippen LogP contribution in [-0.2, 0) is 13.1 Å². The molecule has 0 spiro atoms. The van der Waals surface area contributed by atoms with Gasteiger partial charge in [-0.05, 0) is 32.6 Å². The molecule has 0 unspecified atom stereocenters. The molecule has 1 aromatic heterocycles. The lowest BCUT2D eigenvalue weighted by Gasteiger charge is -2.28. The number of aliphatic imine (C=N–C) groups is 1. The molecule has 6 nitrogen and oxygen atoms in total. The maximum atomic E-state index is 4.89. The molecule has 2 N–H and O–H groups in total. The molecule has 1 saturated heterocycles. The van der Waals surface area contributed by atoms with Crippen molar-refractivity contribution in [3.63, 3.8) is 0 Å². The molecular weight excluding hydrogens is 300 g/mol. The van der Waals surface area contributed by atoms with E-state index in [4.69, 9.17) is 4.98 Å². The summed E-state index contributed by atoms with van der Waals surface area (Å²) >= 11 is 0. The van der Waals surface area contributed by atoms with Crippen molar-refractivity contribution in [2.75, 3.05) is 29.9 Å². The number of hydrogen-bond donors (Lipinski definition) is 2. The molecular formula is C18H28N6. The van der Waals surface area contributed by atoms with E-state index in [0.717, 1.165) is 49.5 Å². The fraction of sp³-hybridized carbons (Fsp3) is 0.667. The van der Waals surface area contributed by atoms with Crippen molar-refractivity contribution in [1.29, 1.82) is 0 Å². The minimum absolute atomic E-state index is 0.656. The highest BCUT2D eigenvalue weighted by Crippen LogP contribution is 2.28. The average Bonchev–Trinajstić information content (AvgIpc) is 2.99. The summed E-state index contributed by atoms with van der Waals surface area (Å²) in [5.74, 6) is 9.00. The Kier molecular flexibility index (Phi) is 5.63. The molecule has 0 saturated carbocycles. The van der Waals surface area contributed by atoms with E-state index in [1.165, 1.54) is 25.7 Å². The van der Waals surface area contributed by atoms with Crippen molar-refractivity contribution >= 4 is 17.7 Å². The molecule has 3 rings (SSSR count). The molecule has 6 heteroatoms. The minimum Gasteiger partial charge on any atom is -0.356 e. The van der Waals surface area contributed by atoms with Gasteiger partial charge in [0, 0.05) is 19.6 Å². The summed E-state index contributed by atoms with van der Waals surface area (Å²) in [6, 6.07) is 0. The smallest absolute Gasteiger partial charge is 0.208 e. The van der Waals surface area contributed by atoms with Gasteiger partial charge < -0.3 is 15.5 Å². The van der Waals surface area contributed by atoms with Crippen LogP contribution in [0.15, 0.2) is 4.99 Å². The van der Waals surface area contributed by atoms with Crippen molar-refractivity contribution in [2.45, 2.75) is 59.0 Å². The Hall–Kier alpha value is -2.16. The van der Waals surface area contributed by atoms with Crippen molar-refractivity contribution < 1.29 is 0 Å². The van der Waals surface area contributed by atoms with E-state index in [2.05, 4.69) is 43.9 Å². The first-order chi connectivity index (χ1) is 11.8. The lowest BCUT2D eigenvalue weighted by molar-refractivity contribution is 0.558. The second-order valence-electron chi connectivity index (χ2n) is 6.34. The van der Waals surface area contributed by atoms with E-state index in [9.17, 15) is 0 Å². The van der Waals surface area contributed by atoms with Gasteiger partial charge in [-0.1, -0.05) is 19.3 Å². The number of fused-ring (bicyclic) bond motifs is 1. The van der Waals surface area contributed by atoms with Crippen molar-refractivity contribution in [1.82, 2.24) is 14.9 Å². The molecule has 2 aliphatic heterocycles. The van der Waals surface area contributed by atoms with Crippen LogP contribution >= 0.6 is 0 Å². The number of anilines is 2. The van der Waals surface area contributed by atoms with Gasteiger partial charge in [0.25, 0.3) is 0 Å². The summed E-state index contributed by atoms with van der Waals surface area (Å²) in [4.78, 5) is 11.9. The molecule has 0 atom stereocenters. The van der Waals surface area contributed by atoms with E-state index in [0.29, 0.717) is 13.1 Å². The van der Waals surface area contributed by atoms with Crippen molar-refractivity contribution in [3.8, 4) is 11.8 Å². The number of unbranched alkanes of at least 4 members (excludes halogenated alkanes) is 1. The Morgan fingerprint density at radius 3 is 2.83 bits per heavy atom. The Bertz CT molecular complexity index is 642. The summed E-state index contributed by atoms with van der Waals surface area (Å²) in [7, 11) is 0. The van der Waals surface area contributed by atoms with E-state index in [1.807, 2.05) is 6.92 Å². The van der Waals surface area contributed by atoms with Crippen LogP contribution in [0.4, 0.5) is 11.8 Å². The van der Waals surface area contributed by atoms with Crippen molar-refractivity contribution in [3.05, 3.63) is 5.69 Å². The van der Waals surface area contributed by atoms with Gasteiger partial charge in [-0.2, -0.15) is 4.98 Å². The van der Waals surface area contributed by atoms with E-state index < -0.39 is 0 Å². The molecule has 1 fully saturated rings. The molecule has 0 aliphatic carbocycles. The maximum absolute atomic E-state index is 4.89. The van der Waals surface area contributed by atoms with Crippen LogP contribution in [0.3, 0.4) is 0 Å².